The number of halogens is 3. The molecular formula is C20H16ClF2N5O2. The molecule has 4 rings (SSSR count). The third-order valence-electron chi connectivity index (χ3n) is 4.78. The van der Waals surface area contributed by atoms with E-state index >= 15 is 0 Å². The van der Waals surface area contributed by atoms with Crippen LogP contribution in [0.5, 0.6) is 0 Å². The molecule has 154 valence electrons. The molecule has 7 nitrogen and oxygen atoms in total. The van der Waals surface area contributed by atoms with E-state index in [1.165, 1.54) is 35.2 Å². The van der Waals surface area contributed by atoms with Crippen molar-refractivity contribution in [1.82, 2.24) is 14.7 Å². The molecule has 0 unspecified atom stereocenters. The molecule has 2 heterocycles. The maximum Gasteiger partial charge on any atom is 0.322 e. The molecule has 1 aromatic heterocycles. The van der Waals surface area contributed by atoms with Crippen LogP contribution in [-0.2, 0) is 13.1 Å². The number of nitrogens with one attached hydrogen (secondary N) is 1. The van der Waals surface area contributed by atoms with Crippen LogP contribution in [0.1, 0.15) is 16.1 Å². The van der Waals surface area contributed by atoms with Crippen molar-refractivity contribution < 1.29 is 18.4 Å². The Labute approximate surface area is 175 Å². The number of benzene rings is 2. The zero-order chi connectivity index (χ0) is 21.4. The van der Waals surface area contributed by atoms with Gasteiger partial charge in [-0.25, -0.2) is 13.6 Å². The first kappa shape index (κ1) is 19.8. The predicted octanol–water partition coefficient (Wildman–Crippen LogP) is 3.63. The molecule has 0 atom stereocenters. The van der Waals surface area contributed by atoms with Gasteiger partial charge in [0.25, 0.3) is 5.91 Å². The van der Waals surface area contributed by atoms with E-state index in [1.54, 1.807) is 10.7 Å². The number of hydrogen-bond acceptors (Lipinski definition) is 3. The van der Waals surface area contributed by atoms with Crippen molar-refractivity contribution in [2.75, 3.05) is 11.9 Å². The molecule has 2 aromatic carbocycles. The Bertz CT molecular complexity index is 1160. The third kappa shape index (κ3) is 3.71. The Morgan fingerprint density at radius 3 is 2.57 bits per heavy atom. The van der Waals surface area contributed by atoms with Crippen LogP contribution in [0.15, 0.2) is 42.5 Å². The third-order valence-corrected chi connectivity index (χ3v) is 5.10. The summed E-state index contributed by atoms with van der Waals surface area (Å²) >= 11 is 5.97. The van der Waals surface area contributed by atoms with Crippen LogP contribution >= 0.6 is 11.6 Å². The SMILES string of the molecule is NC(=O)c1c(-c2cccc(F)c2)nn2c1CN(C(=O)Nc1ccc(F)cc1Cl)CC2. The molecule has 0 fully saturated rings. The van der Waals surface area contributed by atoms with Gasteiger partial charge in [-0.3, -0.25) is 9.48 Å². The number of fused-ring (bicyclic) bond motifs is 1. The Balaban J connectivity index is 1.63. The van der Waals surface area contributed by atoms with Crippen molar-refractivity contribution in [2.24, 2.45) is 5.73 Å². The van der Waals surface area contributed by atoms with Crippen LogP contribution in [0.3, 0.4) is 0 Å². The lowest BCUT2D eigenvalue weighted by Gasteiger charge is -2.28. The van der Waals surface area contributed by atoms with Crippen molar-refractivity contribution in [3.05, 3.63) is 70.4 Å². The van der Waals surface area contributed by atoms with Crippen molar-refractivity contribution in [1.29, 1.82) is 0 Å². The second-order valence-corrected chi connectivity index (χ2v) is 7.15. The molecule has 0 radical (unpaired) electrons. The van der Waals surface area contributed by atoms with E-state index in [0.29, 0.717) is 24.3 Å². The van der Waals surface area contributed by atoms with Crippen molar-refractivity contribution in [3.8, 4) is 11.3 Å². The summed E-state index contributed by atoms with van der Waals surface area (Å²) in [5.41, 5.74) is 7.11. The summed E-state index contributed by atoms with van der Waals surface area (Å²) in [6.45, 7) is 0.681. The first-order chi connectivity index (χ1) is 14.3. The zero-order valence-electron chi connectivity index (χ0n) is 15.5. The molecule has 3 N–H and O–H groups in total. The molecule has 0 aliphatic carbocycles. The molecule has 30 heavy (non-hydrogen) atoms. The molecule has 0 bridgehead atoms. The largest absolute Gasteiger partial charge is 0.365 e. The summed E-state index contributed by atoms with van der Waals surface area (Å²) < 4.78 is 28.5. The number of rotatable bonds is 3. The topological polar surface area (TPSA) is 93.2 Å². The van der Waals surface area contributed by atoms with E-state index in [2.05, 4.69) is 10.4 Å². The van der Waals surface area contributed by atoms with E-state index in [-0.39, 0.29) is 28.5 Å². The Kier molecular flexibility index (Phi) is 5.13. The summed E-state index contributed by atoms with van der Waals surface area (Å²) in [4.78, 5) is 26.3. The lowest BCUT2D eigenvalue weighted by Crippen LogP contribution is -2.41. The fraction of sp³-hybridized carbons (Fsp3) is 0.150. The van der Waals surface area contributed by atoms with E-state index in [9.17, 15) is 18.4 Å². The number of nitrogens with two attached hydrogens (primary N) is 1. The van der Waals surface area contributed by atoms with Crippen LogP contribution in [0.4, 0.5) is 19.3 Å². The minimum Gasteiger partial charge on any atom is -0.365 e. The maximum atomic E-state index is 13.7. The van der Waals surface area contributed by atoms with Gasteiger partial charge in [0.15, 0.2) is 0 Å². The van der Waals surface area contributed by atoms with Gasteiger partial charge >= 0.3 is 6.03 Å². The number of carbonyl (C=O) groups is 2. The van der Waals surface area contributed by atoms with E-state index in [0.717, 1.165) is 6.07 Å². The fourth-order valence-electron chi connectivity index (χ4n) is 3.37. The summed E-state index contributed by atoms with van der Waals surface area (Å²) in [6, 6.07) is 8.87. The van der Waals surface area contributed by atoms with E-state index < -0.39 is 23.6 Å². The molecule has 3 amide bonds. The highest BCUT2D eigenvalue weighted by atomic mass is 35.5. The van der Waals surface area contributed by atoms with Gasteiger partial charge in [-0.2, -0.15) is 5.10 Å². The summed E-state index contributed by atoms with van der Waals surface area (Å²) in [5, 5.41) is 7.10. The molecule has 1 aliphatic heterocycles. The fourth-order valence-corrected chi connectivity index (χ4v) is 3.59. The lowest BCUT2D eigenvalue weighted by molar-refractivity contribution is 0.0997. The highest BCUT2D eigenvalue weighted by molar-refractivity contribution is 6.33. The predicted molar refractivity (Wildman–Crippen MR) is 107 cm³/mol. The molecule has 1 aliphatic rings. The summed E-state index contributed by atoms with van der Waals surface area (Å²) in [6.07, 6.45) is 0. The number of amides is 3. The second-order valence-electron chi connectivity index (χ2n) is 6.74. The molecular weight excluding hydrogens is 416 g/mol. The number of primary amides is 1. The van der Waals surface area contributed by atoms with Gasteiger partial charge in [-0.05, 0) is 30.3 Å². The number of urea groups is 1. The van der Waals surface area contributed by atoms with Crippen LogP contribution in [0, 0.1) is 11.6 Å². The minimum atomic E-state index is -0.723. The molecule has 10 heteroatoms. The van der Waals surface area contributed by atoms with Gasteiger partial charge < -0.3 is 16.0 Å². The summed E-state index contributed by atoms with van der Waals surface area (Å²) in [7, 11) is 0. The van der Waals surface area contributed by atoms with Crippen LogP contribution < -0.4 is 11.1 Å². The van der Waals surface area contributed by atoms with Crippen LogP contribution in [-0.4, -0.2) is 33.2 Å². The van der Waals surface area contributed by atoms with Crippen molar-refractivity contribution >= 4 is 29.2 Å². The van der Waals surface area contributed by atoms with Gasteiger partial charge in [-0.15, -0.1) is 0 Å². The molecule has 3 aromatic rings. The first-order valence-electron chi connectivity index (χ1n) is 9.00. The van der Waals surface area contributed by atoms with Gasteiger partial charge in [0.2, 0.25) is 0 Å². The quantitative estimate of drug-likeness (QED) is 0.663. The normalized spacial score (nSPS) is 13.1. The van der Waals surface area contributed by atoms with Crippen LogP contribution in [0.25, 0.3) is 11.3 Å². The zero-order valence-corrected chi connectivity index (χ0v) is 16.3. The van der Waals surface area contributed by atoms with Gasteiger partial charge in [0.05, 0.1) is 35.1 Å². The Hall–Kier alpha value is -3.46. The average molecular weight is 432 g/mol. The van der Waals surface area contributed by atoms with Gasteiger partial charge in [-0.1, -0.05) is 23.7 Å². The van der Waals surface area contributed by atoms with Gasteiger partial charge in [0.1, 0.15) is 17.3 Å². The maximum absolute atomic E-state index is 13.7. The van der Waals surface area contributed by atoms with E-state index in [1.807, 2.05) is 0 Å². The van der Waals surface area contributed by atoms with Crippen molar-refractivity contribution in [3.63, 3.8) is 0 Å². The highest BCUT2D eigenvalue weighted by Gasteiger charge is 2.30. The van der Waals surface area contributed by atoms with Crippen LogP contribution in [0.2, 0.25) is 5.02 Å². The molecule has 0 spiro atoms. The number of aromatic nitrogens is 2. The average Bonchev–Trinajstić information content (AvgIpc) is 3.09. The Morgan fingerprint density at radius 2 is 1.87 bits per heavy atom. The highest BCUT2D eigenvalue weighted by Crippen LogP contribution is 2.29. The Morgan fingerprint density at radius 1 is 1.10 bits per heavy atom. The molecule has 0 saturated heterocycles. The summed E-state index contributed by atoms with van der Waals surface area (Å²) in [5.74, 6) is -1.71. The standard InChI is InChI=1S/C20H16ClF2N5O2/c21-14-9-13(23)4-5-15(14)25-20(30)27-6-7-28-16(10-27)17(19(24)29)18(26-28)11-2-1-3-12(22)8-11/h1-5,8-9H,6-7,10H2,(H2,24,29)(H,25,30). The minimum absolute atomic E-state index is 0.0608. The molecule has 0 saturated carbocycles. The second kappa shape index (κ2) is 7.75. The number of nitrogens with zero attached hydrogens (tertiary/aromatic N) is 3. The monoisotopic (exact) mass is 431 g/mol. The number of carbonyl (C=O) groups excluding carboxylic acids is 2. The smallest absolute Gasteiger partial charge is 0.322 e. The lowest BCUT2D eigenvalue weighted by atomic mass is 10.0. The number of anilines is 1. The first-order valence-corrected chi connectivity index (χ1v) is 9.37. The van der Waals surface area contributed by atoms with E-state index in [4.69, 9.17) is 17.3 Å². The number of hydrogen-bond donors (Lipinski definition) is 2. The van der Waals surface area contributed by atoms with Crippen molar-refractivity contribution in [2.45, 2.75) is 13.1 Å². The van der Waals surface area contributed by atoms with Gasteiger partial charge in [0, 0.05) is 12.1 Å².